The lowest BCUT2D eigenvalue weighted by Gasteiger charge is -2.29. The lowest BCUT2D eigenvalue weighted by atomic mass is 9.86. The molecule has 1 saturated carbocycles. The van der Waals surface area contributed by atoms with Gasteiger partial charge >= 0.3 is 6.03 Å². The van der Waals surface area contributed by atoms with Crippen LogP contribution in [0.5, 0.6) is 0 Å². The Hall–Kier alpha value is -1.50. The number of rotatable bonds is 5. The maximum absolute atomic E-state index is 11.9. The summed E-state index contributed by atoms with van der Waals surface area (Å²) in [5.41, 5.74) is 0. The smallest absolute Gasteiger partial charge is 0.321 e. The van der Waals surface area contributed by atoms with Crippen LogP contribution in [0.1, 0.15) is 39.5 Å². The second-order valence-electron chi connectivity index (χ2n) is 5.67. The number of amides is 3. The van der Waals surface area contributed by atoms with Crippen LogP contribution in [0, 0.1) is 5.92 Å². The molecule has 2 unspecified atom stereocenters. The van der Waals surface area contributed by atoms with Crippen molar-refractivity contribution in [3.63, 3.8) is 0 Å². The maximum Gasteiger partial charge on any atom is 0.321 e. The summed E-state index contributed by atoms with van der Waals surface area (Å²) in [6.07, 6.45) is 8.07. The Kier molecular flexibility index (Phi) is 6.30. The van der Waals surface area contributed by atoms with Gasteiger partial charge in [0.15, 0.2) is 5.16 Å². The number of hydrogen-bond donors (Lipinski definition) is 2. The zero-order valence-corrected chi connectivity index (χ0v) is 14.0. The number of carbonyl (C=O) groups is 2. The molecule has 6 nitrogen and oxygen atoms in total. The molecule has 0 aromatic carbocycles. The fourth-order valence-corrected chi connectivity index (χ4v) is 3.53. The van der Waals surface area contributed by atoms with Gasteiger partial charge in [0, 0.05) is 25.0 Å². The minimum atomic E-state index is -0.386. The van der Waals surface area contributed by atoms with E-state index < -0.39 is 0 Å². The standard InChI is InChI=1S/C15H24N4O2S/c1-3-19-9-8-16-15(19)22-10-13(20)18-14(21)17-12-7-5-4-6-11(12)2/h8-9,11-12H,3-7,10H2,1-2H3,(H2,17,18,20,21). The van der Waals surface area contributed by atoms with Crippen LogP contribution in [-0.2, 0) is 11.3 Å². The average Bonchev–Trinajstić information content (AvgIpc) is 2.95. The van der Waals surface area contributed by atoms with Gasteiger partial charge in [-0.3, -0.25) is 10.1 Å². The van der Waals surface area contributed by atoms with Gasteiger partial charge in [-0.15, -0.1) is 0 Å². The fraction of sp³-hybridized carbons (Fsp3) is 0.667. The van der Waals surface area contributed by atoms with Crippen molar-refractivity contribution in [2.24, 2.45) is 5.92 Å². The lowest BCUT2D eigenvalue weighted by Crippen LogP contribution is -2.48. The van der Waals surface area contributed by atoms with Crippen LogP contribution in [0.4, 0.5) is 4.79 Å². The maximum atomic E-state index is 11.9. The Bertz CT molecular complexity index is 517. The van der Waals surface area contributed by atoms with E-state index in [-0.39, 0.29) is 23.7 Å². The highest BCUT2D eigenvalue weighted by atomic mass is 32.2. The molecule has 0 radical (unpaired) electrons. The highest BCUT2D eigenvalue weighted by Crippen LogP contribution is 2.23. The summed E-state index contributed by atoms with van der Waals surface area (Å²) >= 11 is 1.33. The number of imide groups is 1. The topological polar surface area (TPSA) is 76.0 Å². The second-order valence-corrected chi connectivity index (χ2v) is 6.62. The zero-order valence-electron chi connectivity index (χ0n) is 13.2. The van der Waals surface area contributed by atoms with E-state index in [0.717, 1.165) is 31.0 Å². The minimum Gasteiger partial charge on any atom is -0.335 e. The molecule has 1 aliphatic rings. The monoisotopic (exact) mass is 324 g/mol. The number of hydrogen-bond acceptors (Lipinski definition) is 4. The molecule has 1 aromatic heterocycles. The predicted molar refractivity (Wildman–Crippen MR) is 86.7 cm³/mol. The van der Waals surface area contributed by atoms with E-state index in [9.17, 15) is 9.59 Å². The highest BCUT2D eigenvalue weighted by molar-refractivity contribution is 7.99. The first kappa shape index (κ1) is 16.9. The minimum absolute atomic E-state index is 0.174. The summed E-state index contributed by atoms with van der Waals surface area (Å²) in [6, 6.07) is -0.212. The van der Waals surface area contributed by atoms with Crippen LogP contribution in [0.25, 0.3) is 0 Å². The van der Waals surface area contributed by atoms with Gasteiger partial charge in [0.1, 0.15) is 0 Å². The molecule has 22 heavy (non-hydrogen) atoms. The van der Waals surface area contributed by atoms with E-state index in [0.29, 0.717) is 5.92 Å². The number of carbonyl (C=O) groups excluding carboxylic acids is 2. The third kappa shape index (κ3) is 4.76. The number of aromatic nitrogens is 2. The molecule has 0 saturated heterocycles. The Balaban J connectivity index is 1.73. The summed E-state index contributed by atoms with van der Waals surface area (Å²) in [5, 5.41) is 6.11. The molecule has 2 atom stereocenters. The Morgan fingerprint density at radius 2 is 2.18 bits per heavy atom. The summed E-state index contributed by atoms with van der Waals surface area (Å²) in [7, 11) is 0. The first-order chi connectivity index (χ1) is 10.6. The van der Waals surface area contributed by atoms with Crippen molar-refractivity contribution in [1.29, 1.82) is 0 Å². The van der Waals surface area contributed by atoms with Crippen molar-refractivity contribution < 1.29 is 9.59 Å². The number of urea groups is 1. The molecule has 0 aliphatic heterocycles. The Morgan fingerprint density at radius 3 is 2.91 bits per heavy atom. The summed E-state index contributed by atoms with van der Waals surface area (Å²) in [4.78, 5) is 27.9. The number of aryl methyl sites for hydroxylation is 1. The van der Waals surface area contributed by atoms with E-state index in [1.807, 2.05) is 17.7 Å². The summed E-state index contributed by atoms with van der Waals surface area (Å²) < 4.78 is 1.96. The number of imidazole rings is 1. The molecule has 122 valence electrons. The number of nitrogens with zero attached hydrogens (tertiary/aromatic N) is 2. The van der Waals surface area contributed by atoms with Crippen LogP contribution in [-0.4, -0.2) is 33.3 Å². The molecule has 0 spiro atoms. The molecule has 2 N–H and O–H groups in total. The third-order valence-electron chi connectivity index (χ3n) is 4.03. The SMILES string of the molecule is CCn1ccnc1SCC(=O)NC(=O)NC1CCCCC1C. The first-order valence-electron chi connectivity index (χ1n) is 7.84. The van der Waals surface area contributed by atoms with E-state index in [4.69, 9.17) is 0 Å². The van der Waals surface area contributed by atoms with E-state index >= 15 is 0 Å². The van der Waals surface area contributed by atoms with Gasteiger partial charge in [0.05, 0.1) is 5.75 Å². The van der Waals surface area contributed by atoms with Gasteiger partial charge in [0.25, 0.3) is 0 Å². The molecular formula is C15H24N4O2S. The van der Waals surface area contributed by atoms with Crippen LogP contribution in [0.2, 0.25) is 0 Å². The van der Waals surface area contributed by atoms with Gasteiger partial charge in [-0.2, -0.15) is 0 Å². The molecule has 2 rings (SSSR count). The van der Waals surface area contributed by atoms with Gasteiger partial charge in [-0.05, 0) is 25.7 Å². The van der Waals surface area contributed by atoms with Gasteiger partial charge in [-0.25, -0.2) is 9.78 Å². The van der Waals surface area contributed by atoms with Crippen molar-refractivity contribution in [2.45, 2.75) is 57.3 Å². The molecule has 1 aromatic rings. The highest BCUT2D eigenvalue weighted by Gasteiger charge is 2.23. The predicted octanol–water partition coefficient (Wildman–Crippen LogP) is 2.40. The Labute approximate surface area is 135 Å². The summed E-state index contributed by atoms with van der Waals surface area (Å²) in [6.45, 7) is 4.97. The molecule has 1 fully saturated rings. The van der Waals surface area contributed by atoms with Crippen LogP contribution in [0.3, 0.4) is 0 Å². The molecule has 1 heterocycles. The van der Waals surface area contributed by atoms with Crippen LogP contribution in [0.15, 0.2) is 17.6 Å². The number of thioether (sulfide) groups is 1. The number of nitrogens with one attached hydrogen (secondary N) is 2. The second kappa shape index (κ2) is 8.22. The lowest BCUT2D eigenvalue weighted by molar-refractivity contribution is -0.117. The fourth-order valence-electron chi connectivity index (χ4n) is 2.70. The Morgan fingerprint density at radius 1 is 1.41 bits per heavy atom. The van der Waals surface area contributed by atoms with Crippen molar-refractivity contribution in [3.05, 3.63) is 12.4 Å². The zero-order chi connectivity index (χ0) is 15.9. The van der Waals surface area contributed by atoms with Crippen LogP contribution >= 0.6 is 11.8 Å². The average molecular weight is 324 g/mol. The molecule has 3 amide bonds. The largest absolute Gasteiger partial charge is 0.335 e. The van der Waals surface area contributed by atoms with Crippen molar-refractivity contribution in [1.82, 2.24) is 20.2 Å². The van der Waals surface area contributed by atoms with Crippen molar-refractivity contribution in [2.75, 3.05) is 5.75 Å². The van der Waals surface area contributed by atoms with E-state index in [2.05, 4.69) is 22.5 Å². The van der Waals surface area contributed by atoms with Crippen molar-refractivity contribution in [3.8, 4) is 0 Å². The summed E-state index contributed by atoms with van der Waals surface area (Å²) in [5.74, 6) is 0.364. The molecule has 1 aliphatic carbocycles. The molecule has 7 heteroatoms. The van der Waals surface area contributed by atoms with E-state index in [1.54, 1.807) is 6.20 Å². The van der Waals surface area contributed by atoms with Gasteiger partial charge < -0.3 is 9.88 Å². The first-order valence-corrected chi connectivity index (χ1v) is 8.83. The van der Waals surface area contributed by atoms with E-state index in [1.165, 1.54) is 18.2 Å². The normalized spacial score (nSPS) is 21.4. The van der Waals surface area contributed by atoms with Gasteiger partial charge in [-0.1, -0.05) is 31.5 Å². The van der Waals surface area contributed by atoms with Crippen LogP contribution < -0.4 is 10.6 Å². The van der Waals surface area contributed by atoms with Gasteiger partial charge in [0.2, 0.25) is 5.91 Å². The molecular weight excluding hydrogens is 300 g/mol. The van der Waals surface area contributed by atoms with Crippen molar-refractivity contribution >= 4 is 23.7 Å². The third-order valence-corrected chi connectivity index (χ3v) is 5.04. The quantitative estimate of drug-likeness (QED) is 0.816. The molecule has 0 bridgehead atoms.